The highest BCUT2D eigenvalue weighted by atomic mass is 16.5. The van der Waals surface area contributed by atoms with E-state index in [-0.39, 0.29) is 5.91 Å². The van der Waals surface area contributed by atoms with Gasteiger partial charge in [-0.3, -0.25) is 4.79 Å². The van der Waals surface area contributed by atoms with Gasteiger partial charge in [0, 0.05) is 30.5 Å². The minimum absolute atomic E-state index is 0.276. The van der Waals surface area contributed by atoms with E-state index in [1.54, 1.807) is 30.1 Å². The Morgan fingerprint density at radius 3 is 2.26 bits per heavy atom. The molecule has 0 radical (unpaired) electrons. The number of fused-ring (bicyclic) bond motifs is 1. The standard InChI is InChI=1S/C27H31N5O3/c1-7-31(8-2)19-9-12-25(18(4)13-19)32-29-23-14-17(3)22(16-24(23)30-32)28-27(33)21-11-10-20(34-5)15-26(21)35-6/h9-16H,7-8H2,1-6H3,(H,28,33). The minimum Gasteiger partial charge on any atom is -0.497 e. The largest absolute Gasteiger partial charge is 0.497 e. The number of amides is 1. The summed E-state index contributed by atoms with van der Waals surface area (Å²) in [7, 11) is 3.10. The van der Waals surface area contributed by atoms with Crippen LogP contribution in [-0.4, -0.2) is 48.2 Å². The Bertz CT molecular complexity index is 1380. The lowest BCUT2D eigenvalue weighted by atomic mass is 10.1. The molecule has 0 spiro atoms. The molecular weight excluding hydrogens is 442 g/mol. The van der Waals surface area contributed by atoms with Gasteiger partial charge in [0.2, 0.25) is 0 Å². The Balaban J connectivity index is 1.64. The van der Waals surface area contributed by atoms with E-state index in [0.717, 1.165) is 35.4 Å². The molecule has 0 fully saturated rings. The van der Waals surface area contributed by atoms with Crippen molar-refractivity contribution in [2.45, 2.75) is 27.7 Å². The second-order valence-corrected chi connectivity index (χ2v) is 8.31. The molecule has 3 aromatic carbocycles. The fourth-order valence-corrected chi connectivity index (χ4v) is 4.14. The van der Waals surface area contributed by atoms with E-state index in [9.17, 15) is 4.79 Å². The summed E-state index contributed by atoms with van der Waals surface area (Å²) in [5, 5.41) is 12.4. The zero-order chi connectivity index (χ0) is 25.1. The number of hydrogen-bond donors (Lipinski definition) is 1. The van der Waals surface area contributed by atoms with Crippen molar-refractivity contribution in [2.24, 2.45) is 0 Å². The maximum absolute atomic E-state index is 13.0. The molecule has 1 heterocycles. The van der Waals surface area contributed by atoms with Gasteiger partial charge in [-0.2, -0.15) is 4.80 Å². The van der Waals surface area contributed by atoms with Gasteiger partial charge in [0.25, 0.3) is 5.91 Å². The lowest BCUT2D eigenvalue weighted by Gasteiger charge is -2.22. The summed E-state index contributed by atoms with van der Waals surface area (Å²) < 4.78 is 10.6. The van der Waals surface area contributed by atoms with Gasteiger partial charge in [-0.05, 0) is 81.3 Å². The molecule has 0 bridgehead atoms. The van der Waals surface area contributed by atoms with Gasteiger partial charge < -0.3 is 19.7 Å². The maximum atomic E-state index is 13.0. The van der Waals surface area contributed by atoms with Crippen LogP contribution in [0.25, 0.3) is 16.7 Å². The fraction of sp³-hybridized carbons (Fsp3) is 0.296. The van der Waals surface area contributed by atoms with Crippen molar-refractivity contribution in [3.63, 3.8) is 0 Å². The Labute approximate surface area is 205 Å². The Kier molecular flexibility index (Phi) is 6.91. The van der Waals surface area contributed by atoms with Crippen LogP contribution >= 0.6 is 0 Å². The summed E-state index contributed by atoms with van der Waals surface area (Å²) in [6.45, 7) is 10.2. The number of benzene rings is 3. The highest BCUT2D eigenvalue weighted by Crippen LogP contribution is 2.28. The fourth-order valence-electron chi connectivity index (χ4n) is 4.14. The second-order valence-electron chi connectivity index (χ2n) is 8.31. The molecule has 0 unspecified atom stereocenters. The highest BCUT2D eigenvalue weighted by Gasteiger charge is 2.16. The molecule has 0 aliphatic carbocycles. The molecule has 8 nitrogen and oxygen atoms in total. The quantitative estimate of drug-likeness (QED) is 0.381. The monoisotopic (exact) mass is 473 g/mol. The molecule has 0 atom stereocenters. The van der Waals surface area contributed by atoms with Crippen molar-refractivity contribution >= 4 is 28.3 Å². The van der Waals surface area contributed by atoms with Crippen LogP contribution in [0.2, 0.25) is 0 Å². The van der Waals surface area contributed by atoms with Crippen molar-refractivity contribution in [1.82, 2.24) is 15.0 Å². The predicted molar refractivity (Wildman–Crippen MR) is 139 cm³/mol. The van der Waals surface area contributed by atoms with Gasteiger partial charge >= 0.3 is 0 Å². The summed E-state index contributed by atoms with van der Waals surface area (Å²) in [6.07, 6.45) is 0. The van der Waals surface area contributed by atoms with Crippen molar-refractivity contribution < 1.29 is 14.3 Å². The molecule has 35 heavy (non-hydrogen) atoms. The average Bonchev–Trinajstić information content (AvgIpc) is 3.26. The van der Waals surface area contributed by atoms with Crippen molar-refractivity contribution in [1.29, 1.82) is 0 Å². The molecule has 0 aliphatic heterocycles. The third kappa shape index (κ3) is 4.77. The smallest absolute Gasteiger partial charge is 0.259 e. The van der Waals surface area contributed by atoms with Crippen LogP contribution in [0.1, 0.15) is 35.3 Å². The first-order valence-electron chi connectivity index (χ1n) is 11.7. The Morgan fingerprint density at radius 1 is 0.914 bits per heavy atom. The van der Waals surface area contributed by atoms with E-state index in [1.165, 1.54) is 12.8 Å². The second kappa shape index (κ2) is 10.0. The van der Waals surface area contributed by atoms with Crippen molar-refractivity contribution in [3.05, 3.63) is 65.2 Å². The number of aromatic nitrogens is 3. The Hall–Kier alpha value is -4.07. The number of rotatable bonds is 8. The van der Waals surface area contributed by atoms with Gasteiger partial charge in [0.05, 0.1) is 25.5 Å². The molecule has 1 aromatic heterocycles. The summed E-state index contributed by atoms with van der Waals surface area (Å²) in [5.74, 6) is 0.783. The van der Waals surface area contributed by atoms with Crippen LogP contribution in [-0.2, 0) is 0 Å². The van der Waals surface area contributed by atoms with E-state index >= 15 is 0 Å². The van der Waals surface area contributed by atoms with Crippen molar-refractivity contribution in [2.75, 3.05) is 37.5 Å². The Morgan fingerprint density at radius 2 is 1.63 bits per heavy atom. The number of methoxy groups -OCH3 is 2. The van der Waals surface area contributed by atoms with Crippen LogP contribution < -0.4 is 19.7 Å². The molecule has 4 rings (SSSR count). The van der Waals surface area contributed by atoms with Crippen molar-refractivity contribution in [3.8, 4) is 17.2 Å². The zero-order valence-electron chi connectivity index (χ0n) is 21.0. The van der Waals surface area contributed by atoms with Crippen LogP contribution in [0.4, 0.5) is 11.4 Å². The molecule has 0 saturated heterocycles. The lowest BCUT2D eigenvalue weighted by Crippen LogP contribution is -2.21. The van der Waals surface area contributed by atoms with E-state index in [1.807, 2.05) is 25.1 Å². The molecule has 8 heteroatoms. The van der Waals surface area contributed by atoms with Gasteiger partial charge in [-0.1, -0.05) is 0 Å². The van der Waals surface area contributed by atoms with Crippen LogP contribution in [0.5, 0.6) is 11.5 Å². The molecule has 0 saturated carbocycles. The summed E-state index contributed by atoms with van der Waals surface area (Å²) >= 11 is 0. The van der Waals surface area contributed by atoms with Crippen LogP contribution in [0, 0.1) is 13.8 Å². The summed E-state index contributed by atoms with van der Waals surface area (Å²) in [6, 6.07) is 15.2. The number of nitrogens with zero attached hydrogens (tertiary/aromatic N) is 4. The zero-order valence-corrected chi connectivity index (χ0v) is 21.0. The van der Waals surface area contributed by atoms with E-state index in [2.05, 4.69) is 48.2 Å². The first-order valence-corrected chi connectivity index (χ1v) is 11.7. The van der Waals surface area contributed by atoms with E-state index < -0.39 is 0 Å². The normalized spacial score (nSPS) is 10.9. The molecule has 1 amide bonds. The molecule has 4 aromatic rings. The molecule has 1 N–H and O–H groups in total. The number of anilines is 2. The van der Waals surface area contributed by atoms with Gasteiger partial charge in [0.15, 0.2) is 0 Å². The number of carbonyl (C=O) groups excluding carboxylic acids is 1. The van der Waals surface area contributed by atoms with Gasteiger partial charge in [-0.25, -0.2) is 0 Å². The topological polar surface area (TPSA) is 81.5 Å². The van der Waals surface area contributed by atoms with Crippen LogP contribution in [0.3, 0.4) is 0 Å². The third-order valence-corrected chi connectivity index (χ3v) is 6.15. The number of ether oxygens (including phenoxy) is 2. The van der Waals surface area contributed by atoms with Crippen LogP contribution in [0.15, 0.2) is 48.5 Å². The van der Waals surface area contributed by atoms with Gasteiger partial charge in [-0.15, -0.1) is 10.2 Å². The molecular formula is C27H31N5O3. The summed E-state index contributed by atoms with van der Waals surface area (Å²) in [4.78, 5) is 17.0. The molecule has 0 aliphatic rings. The SMILES string of the molecule is CCN(CC)c1ccc(-n2nc3cc(C)c(NC(=O)c4ccc(OC)cc4OC)cc3n2)c(C)c1. The van der Waals surface area contributed by atoms with E-state index in [0.29, 0.717) is 28.3 Å². The first kappa shape index (κ1) is 24.1. The number of carbonyl (C=O) groups is 1. The number of aryl methyl sites for hydroxylation is 2. The van der Waals surface area contributed by atoms with E-state index in [4.69, 9.17) is 14.6 Å². The number of nitrogens with one attached hydrogen (secondary N) is 1. The first-order chi connectivity index (χ1) is 16.9. The van der Waals surface area contributed by atoms with Gasteiger partial charge in [0.1, 0.15) is 22.5 Å². The average molecular weight is 474 g/mol. The minimum atomic E-state index is -0.276. The number of hydrogen-bond acceptors (Lipinski definition) is 6. The summed E-state index contributed by atoms with van der Waals surface area (Å²) in [5.41, 5.74) is 6.62. The molecule has 182 valence electrons. The predicted octanol–water partition coefficient (Wildman–Crippen LogP) is 5.15. The third-order valence-electron chi connectivity index (χ3n) is 6.15. The maximum Gasteiger partial charge on any atom is 0.259 e. The lowest BCUT2D eigenvalue weighted by molar-refractivity contribution is 0.102. The highest BCUT2D eigenvalue weighted by molar-refractivity contribution is 6.07.